The van der Waals surface area contributed by atoms with Gasteiger partial charge < -0.3 is 4.90 Å². The first kappa shape index (κ1) is 35.0. The quantitative estimate of drug-likeness (QED) is 0.282. The van der Waals surface area contributed by atoms with Crippen molar-refractivity contribution in [3.8, 4) is 0 Å². The Balaban J connectivity index is 0.000000575. The van der Waals surface area contributed by atoms with E-state index in [0.29, 0.717) is 18.1 Å². The van der Waals surface area contributed by atoms with Crippen molar-refractivity contribution >= 4 is 5.91 Å². The SMILES string of the molecule is CC.CC(=O)N(C)C.Fc1ccc(C2CCCCC2)cc1.O=NCc1cc(C(F)(F)F)cc(C(F)(F)F)c1. The number of alkyl halides is 6. The molecule has 0 bridgehead atoms. The number of carbonyl (C=O) groups is 1. The molecule has 11 heteroatoms. The number of benzene rings is 2. The highest BCUT2D eigenvalue weighted by Gasteiger charge is 2.36. The molecule has 0 heterocycles. The zero-order valence-corrected chi connectivity index (χ0v) is 22.2. The first-order valence-corrected chi connectivity index (χ1v) is 12.2. The molecular weight excluding hydrogens is 517 g/mol. The number of rotatable bonds is 3. The van der Waals surface area contributed by atoms with Gasteiger partial charge in [0.1, 0.15) is 12.4 Å². The van der Waals surface area contributed by atoms with E-state index in [0.717, 1.165) is 0 Å². The molecule has 3 rings (SSSR count). The fourth-order valence-corrected chi connectivity index (χ4v) is 3.36. The number of carbonyl (C=O) groups excluding carboxylic acids is 1. The van der Waals surface area contributed by atoms with Gasteiger partial charge in [0.05, 0.1) is 11.1 Å². The van der Waals surface area contributed by atoms with E-state index in [1.807, 2.05) is 26.0 Å². The van der Waals surface area contributed by atoms with Crippen LogP contribution in [0.5, 0.6) is 0 Å². The highest BCUT2D eigenvalue weighted by Crippen LogP contribution is 2.36. The lowest BCUT2D eigenvalue weighted by atomic mass is 9.84. The van der Waals surface area contributed by atoms with Crippen LogP contribution >= 0.6 is 0 Å². The van der Waals surface area contributed by atoms with Gasteiger partial charge in [-0.3, -0.25) is 4.79 Å². The van der Waals surface area contributed by atoms with Gasteiger partial charge in [-0.1, -0.05) is 50.4 Å². The van der Waals surface area contributed by atoms with Gasteiger partial charge in [-0.2, -0.15) is 31.2 Å². The van der Waals surface area contributed by atoms with Gasteiger partial charge in [0, 0.05) is 21.0 Å². The van der Waals surface area contributed by atoms with Gasteiger partial charge in [-0.15, -0.1) is 0 Å². The highest BCUT2D eigenvalue weighted by atomic mass is 19.4. The summed E-state index contributed by atoms with van der Waals surface area (Å²) in [5.74, 6) is 0.656. The second kappa shape index (κ2) is 16.8. The van der Waals surface area contributed by atoms with Crippen molar-refractivity contribution < 1.29 is 35.5 Å². The third kappa shape index (κ3) is 13.5. The molecule has 0 spiro atoms. The van der Waals surface area contributed by atoms with Gasteiger partial charge in [0.15, 0.2) is 0 Å². The molecule has 0 N–H and O–H groups in total. The average Bonchev–Trinajstić information content (AvgIpc) is 2.86. The first-order valence-electron chi connectivity index (χ1n) is 12.2. The summed E-state index contributed by atoms with van der Waals surface area (Å²) in [6, 6.07) is 7.95. The number of nitrogens with zero attached hydrogens (tertiary/aromatic N) is 2. The minimum atomic E-state index is -4.90. The maximum atomic E-state index is 12.7. The van der Waals surface area contributed by atoms with E-state index >= 15 is 0 Å². The zero-order chi connectivity index (χ0) is 29.5. The maximum Gasteiger partial charge on any atom is 0.416 e. The van der Waals surface area contributed by atoms with Gasteiger partial charge >= 0.3 is 12.4 Å². The van der Waals surface area contributed by atoms with Crippen molar-refractivity contribution in [1.82, 2.24) is 4.90 Å². The number of halogens is 7. The Hall–Kier alpha value is -2.98. The van der Waals surface area contributed by atoms with Crippen LogP contribution in [0, 0.1) is 10.7 Å². The van der Waals surface area contributed by atoms with Crippen molar-refractivity contribution in [2.24, 2.45) is 5.18 Å². The first-order chi connectivity index (χ1) is 17.6. The second-order valence-corrected chi connectivity index (χ2v) is 8.50. The van der Waals surface area contributed by atoms with E-state index in [4.69, 9.17) is 0 Å². The highest BCUT2D eigenvalue weighted by molar-refractivity contribution is 5.72. The van der Waals surface area contributed by atoms with E-state index < -0.39 is 35.6 Å². The van der Waals surface area contributed by atoms with E-state index in [1.165, 1.54) is 49.5 Å². The van der Waals surface area contributed by atoms with Crippen molar-refractivity contribution in [3.63, 3.8) is 0 Å². The summed E-state index contributed by atoms with van der Waals surface area (Å²) in [6.07, 6.45) is -3.20. The molecule has 0 atom stereocenters. The topological polar surface area (TPSA) is 49.7 Å². The van der Waals surface area contributed by atoms with Crippen LogP contribution in [0.3, 0.4) is 0 Å². The molecule has 1 amide bonds. The smallest absolute Gasteiger partial charge is 0.349 e. The minimum absolute atomic E-state index is 0.00565. The average molecular weight is 553 g/mol. The Morgan fingerprint density at radius 3 is 1.63 bits per heavy atom. The molecule has 0 aromatic heterocycles. The molecule has 0 radical (unpaired) electrons. The van der Waals surface area contributed by atoms with E-state index in [1.54, 1.807) is 26.2 Å². The number of nitroso groups, excluding NO2 is 1. The van der Waals surface area contributed by atoms with Crippen LogP contribution in [0.2, 0.25) is 0 Å². The largest absolute Gasteiger partial charge is 0.416 e. The van der Waals surface area contributed by atoms with Crippen LogP contribution in [0.25, 0.3) is 0 Å². The summed E-state index contributed by atoms with van der Waals surface area (Å²) in [5.41, 5.74) is -2.01. The lowest BCUT2D eigenvalue weighted by Crippen LogP contribution is -2.17. The van der Waals surface area contributed by atoms with Crippen molar-refractivity contribution in [2.75, 3.05) is 14.1 Å². The molecule has 1 aliphatic rings. The fraction of sp³-hybridized carbons (Fsp3) is 0.519. The molecule has 2 aromatic carbocycles. The molecule has 38 heavy (non-hydrogen) atoms. The molecule has 1 saturated carbocycles. The molecule has 0 unspecified atom stereocenters. The Bertz CT molecular complexity index is 935. The monoisotopic (exact) mass is 552 g/mol. The Kier molecular flexibility index (Phi) is 15.5. The summed E-state index contributed by atoms with van der Waals surface area (Å²) < 4.78 is 86.5. The fourth-order valence-electron chi connectivity index (χ4n) is 3.36. The summed E-state index contributed by atoms with van der Waals surface area (Å²) in [7, 11) is 3.45. The number of amides is 1. The predicted molar refractivity (Wildman–Crippen MR) is 134 cm³/mol. The zero-order valence-electron chi connectivity index (χ0n) is 22.2. The van der Waals surface area contributed by atoms with E-state index in [2.05, 4.69) is 5.18 Å². The van der Waals surface area contributed by atoms with Crippen LogP contribution in [0.15, 0.2) is 47.6 Å². The maximum absolute atomic E-state index is 12.7. The molecule has 4 nitrogen and oxygen atoms in total. The summed E-state index contributed by atoms with van der Waals surface area (Å²) in [6.45, 7) is 4.78. The van der Waals surface area contributed by atoms with Crippen molar-refractivity contribution in [2.45, 2.75) is 77.7 Å². The van der Waals surface area contributed by atoms with Gasteiger partial charge in [0.2, 0.25) is 5.91 Å². The molecule has 0 saturated heterocycles. The second-order valence-electron chi connectivity index (χ2n) is 8.50. The molecule has 1 fully saturated rings. The van der Waals surface area contributed by atoms with Crippen LogP contribution in [0.4, 0.5) is 30.7 Å². The Morgan fingerprint density at radius 2 is 1.29 bits per heavy atom. The Morgan fingerprint density at radius 1 is 0.868 bits per heavy atom. The third-order valence-corrected chi connectivity index (χ3v) is 5.47. The number of hydrogen-bond donors (Lipinski definition) is 0. The molecular formula is C27H35F7N2O2. The van der Waals surface area contributed by atoms with Crippen LogP contribution in [-0.2, 0) is 23.7 Å². The van der Waals surface area contributed by atoms with Crippen LogP contribution in [-0.4, -0.2) is 24.9 Å². The van der Waals surface area contributed by atoms with Crippen LogP contribution < -0.4 is 0 Å². The van der Waals surface area contributed by atoms with Gasteiger partial charge in [-0.05, 0) is 60.2 Å². The summed E-state index contributed by atoms with van der Waals surface area (Å²) in [4.78, 5) is 21.5. The van der Waals surface area contributed by atoms with Crippen molar-refractivity contribution in [1.29, 1.82) is 0 Å². The summed E-state index contributed by atoms with van der Waals surface area (Å²) in [5, 5.41) is 2.27. The minimum Gasteiger partial charge on any atom is -0.349 e. The lowest BCUT2D eigenvalue weighted by Gasteiger charge is -2.21. The standard InChI is InChI=1S/C12H15F.C9H5F6NO.C4H9NO.C2H6/c13-12-8-6-11(7-9-12)10-4-2-1-3-5-10;10-8(11,12)6-1-5(4-16-17)2-7(3-6)9(13,14)15;1-4(6)5(2)3;1-2/h6-10H,1-5H2;1-3H,4H2;1-3H3;1-2H3. The molecule has 1 aliphatic carbocycles. The molecule has 214 valence electrons. The van der Waals surface area contributed by atoms with Crippen molar-refractivity contribution in [3.05, 3.63) is 75.4 Å². The third-order valence-electron chi connectivity index (χ3n) is 5.47. The van der Waals surface area contributed by atoms with Gasteiger partial charge in [-0.25, -0.2) is 4.39 Å². The number of hydrogen-bond acceptors (Lipinski definition) is 3. The van der Waals surface area contributed by atoms with E-state index in [-0.39, 0.29) is 17.8 Å². The van der Waals surface area contributed by atoms with Gasteiger partial charge in [0.25, 0.3) is 0 Å². The summed E-state index contributed by atoms with van der Waals surface area (Å²) >= 11 is 0. The van der Waals surface area contributed by atoms with E-state index in [9.17, 15) is 40.4 Å². The molecule has 0 aliphatic heterocycles. The predicted octanol–water partition coefficient (Wildman–Crippen LogP) is 8.98. The lowest BCUT2D eigenvalue weighted by molar-refractivity contribution is -0.143. The Labute approximate surface area is 219 Å². The normalized spacial score (nSPS) is 13.5. The van der Waals surface area contributed by atoms with Crippen LogP contribution in [0.1, 0.15) is 81.0 Å². The molecule has 2 aromatic rings.